The highest BCUT2D eigenvalue weighted by Crippen LogP contribution is 2.11. The molecule has 0 bridgehead atoms. The van der Waals surface area contributed by atoms with Crippen LogP contribution in [0.3, 0.4) is 0 Å². The Hall–Kier alpha value is -5.13. The third-order valence-corrected chi connectivity index (χ3v) is 7.95. The molecule has 0 saturated heterocycles. The summed E-state index contributed by atoms with van der Waals surface area (Å²) in [6.45, 7) is 9.51. The molecule has 0 fully saturated rings. The minimum absolute atomic E-state index is 0. The largest absolute Gasteiger partial charge is 0.480 e. The molecule has 2 heterocycles. The Bertz CT molecular complexity index is 1680. The first-order valence-corrected chi connectivity index (χ1v) is 17.2. The number of aliphatic carboxylic acids is 1. The van der Waals surface area contributed by atoms with Crippen LogP contribution < -0.4 is 32.3 Å². The Morgan fingerprint density at radius 1 is 0.736 bits per heavy atom. The number of carboxylic acids is 1. The van der Waals surface area contributed by atoms with Crippen LogP contribution >= 0.6 is 12.4 Å². The van der Waals surface area contributed by atoms with Crippen LogP contribution in [0.5, 0.6) is 0 Å². The Balaban J connectivity index is 0.00000972. The summed E-state index contributed by atoms with van der Waals surface area (Å²) >= 11 is 0. The molecule has 0 unspecified atom stereocenters. The molecule has 0 radical (unpaired) electrons. The van der Waals surface area contributed by atoms with E-state index in [1.54, 1.807) is 6.92 Å². The average molecular weight is 759 g/mol. The summed E-state index contributed by atoms with van der Waals surface area (Å²) in [7, 11) is 0. The number of nitrogens with one attached hydrogen (secondary N) is 7. The van der Waals surface area contributed by atoms with Gasteiger partial charge in [-0.15, -0.1) is 12.4 Å². The topological polar surface area (TPSA) is 266 Å². The second kappa shape index (κ2) is 21.4. The lowest BCUT2D eigenvalue weighted by Crippen LogP contribution is -2.48. The number of ketones is 1. The van der Waals surface area contributed by atoms with Gasteiger partial charge in [0.2, 0.25) is 0 Å². The fourth-order valence-corrected chi connectivity index (χ4v) is 5.44. The highest BCUT2D eigenvalue weighted by Gasteiger charge is 2.29. The molecule has 2 aromatic heterocycles. The number of aromatic amines is 2. The zero-order valence-corrected chi connectivity index (χ0v) is 31.3. The SMILES string of the molecule is CC(C)C[C@@H](CN)NC(=O)c1nc[nH]c1C(=O)N[C@@H](Cc1ccccc1)C(=O)CNC[C@H](C)NC(=O)c1nc[nH]c1C(=O)N[C@@H](CC(C)C)C(=O)O.Cl. The molecule has 3 aromatic rings. The first kappa shape index (κ1) is 44.0. The summed E-state index contributed by atoms with van der Waals surface area (Å²) in [6, 6.07) is 6.13. The smallest absolute Gasteiger partial charge is 0.326 e. The number of amides is 4. The first-order valence-electron chi connectivity index (χ1n) is 17.2. The van der Waals surface area contributed by atoms with Crippen LogP contribution in [0.25, 0.3) is 0 Å². The fourth-order valence-electron chi connectivity index (χ4n) is 5.44. The zero-order chi connectivity index (χ0) is 38.4. The van der Waals surface area contributed by atoms with E-state index < -0.39 is 47.7 Å². The Labute approximate surface area is 314 Å². The van der Waals surface area contributed by atoms with Crippen molar-refractivity contribution in [1.82, 2.24) is 46.5 Å². The molecule has 1 aromatic carbocycles. The van der Waals surface area contributed by atoms with E-state index in [-0.39, 0.29) is 91.3 Å². The average Bonchev–Trinajstić information content (AvgIpc) is 3.78. The van der Waals surface area contributed by atoms with Gasteiger partial charge in [0.15, 0.2) is 17.2 Å². The predicted octanol–water partition coefficient (Wildman–Crippen LogP) is 1.21. The van der Waals surface area contributed by atoms with Gasteiger partial charge >= 0.3 is 5.97 Å². The number of nitrogens with zero attached hydrogens (tertiary/aromatic N) is 2. The maximum absolute atomic E-state index is 13.5. The quantitative estimate of drug-likeness (QED) is 0.0745. The zero-order valence-electron chi connectivity index (χ0n) is 30.5. The van der Waals surface area contributed by atoms with Crippen molar-refractivity contribution >= 4 is 47.8 Å². The van der Waals surface area contributed by atoms with Gasteiger partial charge < -0.3 is 47.4 Å². The molecule has 4 atom stereocenters. The molecule has 3 rings (SSSR count). The second-order valence-electron chi connectivity index (χ2n) is 13.5. The molecule has 0 aliphatic heterocycles. The number of rotatable bonds is 21. The number of hydrogen-bond acceptors (Lipinski definition) is 10. The Morgan fingerprint density at radius 3 is 1.77 bits per heavy atom. The number of hydrogen-bond donors (Lipinski definition) is 9. The molecule has 10 N–H and O–H groups in total. The van der Waals surface area contributed by atoms with Gasteiger partial charge in [0.1, 0.15) is 17.4 Å². The Kier molecular flexibility index (Phi) is 17.8. The normalized spacial score (nSPS) is 13.3. The summed E-state index contributed by atoms with van der Waals surface area (Å²) in [5.74, 6) is -3.99. The first-order chi connectivity index (χ1) is 24.7. The van der Waals surface area contributed by atoms with Gasteiger partial charge in [0.05, 0.1) is 25.2 Å². The number of carboxylic acid groups (broad SMARTS) is 1. The number of carbonyl (C=O) groups excluding carboxylic acids is 5. The van der Waals surface area contributed by atoms with E-state index in [9.17, 15) is 33.9 Å². The minimum atomic E-state index is -1.20. The van der Waals surface area contributed by atoms with Crippen LogP contribution in [0.15, 0.2) is 43.0 Å². The predicted molar refractivity (Wildman–Crippen MR) is 199 cm³/mol. The van der Waals surface area contributed by atoms with Crippen LogP contribution in [0.2, 0.25) is 0 Å². The van der Waals surface area contributed by atoms with Crippen LogP contribution in [0.4, 0.5) is 0 Å². The summed E-state index contributed by atoms with van der Waals surface area (Å²) in [6.07, 6.45) is 3.40. The molecular weight excluding hydrogens is 708 g/mol. The highest BCUT2D eigenvalue weighted by atomic mass is 35.5. The van der Waals surface area contributed by atoms with Crippen molar-refractivity contribution in [2.45, 2.75) is 78.0 Å². The molecule has 18 heteroatoms. The van der Waals surface area contributed by atoms with Gasteiger partial charge in [-0.3, -0.25) is 24.0 Å². The van der Waals surface area contributed by atoms with Gasteiger partial charge in [-0.05, 0) is 43.6 Å². The molecular formula is C35H51ClN10O7. The number of H-pyrrole nitrogens is 2. The van der Waals surface area contributed by atoms with E-state index in [4.69, 9.17) is 5.73 Å². The number of benzene rings is 1. The molecule has 0 aliphatic rings. The third kappa shape index (κ3) is 13.7. The van der Waals surface area contributed by atoms with Crippen molar-refractivity contribution in [2.75, 3.05) is 19.6 Å². The maximum Gasteiger partial charge on any atom is 0.326 e. The van der Waals surface area contributed by atoms with E-state index >= 15 is 0 Å². The van der Waals surface area contributed by atoms with Crippen molar-refractivity contribution in [2.24, 2.45) is 17.6 Å². The Morgan fingerprint density at radius 2 is 1.26 bits per heavy atom. The van der Waals surface area contributed by atoms with E-state index in [2.05, 4.69) is 46.5 Å². The van der Waals surface area contributed by atoms with Crippen LogP contribution in [-0.2, 0) is 16.0 Å². The lowest BCUT2D eigenvalue weighted by molar-refractivity contribution is -0.139. The molecule has 0 aliphatic carbocycles. The summed E-state index contributed by atoms with van der Waals surface area (Å²) in [5, 5.41) is 23.2. The van der Waals surface area contributed by atoms with Crippen LogP contribution in [0, 0.1) is 11.8 Å². The van der Waals surface area contributed by atoms with Crippen LogP contribution in [0.1, 0.15) is 95.0 Å². The highest BCUT2D eigenvalue weighted by molar-refractivity contribution is 6.06. The monoisotopic (exact) mass is 758 g/mol. The molecule has 4 amide bonds. The maximum atomic E-state index is 13.5. The number of carbonyl (C=O) groups is 6. The van der Waals surface area contributed by atoms with Gasteiger partial charge in [0, 0.05) is 25.2 Å². The summed E-state index contributed by atoms with van der Waals surface area (Å²) < 4.78 is 0. The van der Waals surface area contributed by atoms with Crippen molar-refractivity contribution in [3.05, 3.63) is 71.3 Å². The summed E-state index contributed by atoms with van der Waals surface area (Å²) in [5.41, 5.74) is 6.00. The van der Waals surface area contributed by atoms with Crippen molar-refractivity contribution in [1.29, 1.82) is 0 Å². The van der Waals surface area contributed by atoms with Crippen molar-refractivity contribution in [3.8, 4) is 0 Å². The fraction of sp³-hybridized carbons (Fsp3) is 0.486. The van der Waals surface area contributed by atoms with E-state index in [1.807, 2.05) is 58.0 Å². The number of aromatic nitrogens is 4. The number of halogens is 1. The lowest BCUT2D eigenvalue weighted by Gasteiger charge is -2.20. The van der Waals surface area contributed by atoms with E-state index in [0.29, 0.717) is 6.42 Å². The number of Topliss-reactive ketones (excluding diaryl/α,β-unsaturated/α-hetero) is 1. The molecule has 290 valence electrons. The molecule has 0 spiro atoms. The number of nitrogens with two attached hydrogens (primary N) is 1. The second-order valence-corrected chi connectivity index (χ2v) is 13.5. The molecule has 17 nitrogen and oxygen atoms in total. The standard InChI is InChI=1S/C35H50N10O7.ClH/c1-19(2)11-23(14-36)43-32(48)28-30(41-18-39-28)33(49)44-24(13-22-9-7-6-8-10-22)26(46)16-37-15-21(5)42-31(47)27-29(40-17-38-27)34(50)45-25(35(51)52)12-20(3)4;/h6-10,17-21,23-25,37H,11-16,36H2,1-5H3,(H,38,40)(H,39,41)(H,42,47)(H,43,48)(H,44,49)(H,45,50)(H,51,52);1H/t21-,23-,24-,25-;/m0./s1. The molecule has 53 heavy (non-hydrogen) atoms. The minimum Gasteiger partial charge on any atom is -0.480 e. The summed E-state index contributed by atoms with van der Waals surface area (Å²) in [4.78, 5) is 90.6. The van der Waals surface area contributed by atoms with E-state index in [0.717, 1.165) is 11.9 Å². The third-order valence-electron chi connectivity index (χ3n) is 7.95. The van der Waals surface area contributed by atoms with Crippen molar-refractivity contribution in [3.63, 3.8) is 0 Å². The van der Waals surface area contributed by atoms with Gasteiger partial charge in [0.25, 0.3) is 23.6 Å². The lowest BCUT2D eigenvalue weighted by atomic mass is 10.0. The van der Waals surface area contributed by atoms with Gasteiger partial charge in [-0.1, -0.05) is 58.0 Å². The van der Waals surface area contributed by atoms with E-state index in [1.165, 1.54) is 6.33 Å². The van der Waals surface area contributed by atoms with Gasteiger partial charge in [-0.2, -0.15) is 0 Å². The number of imidazole rings is 2. The van der Waals surface area contributed by atoms with Crippen molar-refractivity contribution < 1.29 is 33.9 Å². The molecule has 0 saturated carbocycles. The van der Waals surface area contributed by atoms with Gasteiger partial charge in [-0.25, -0.2) is 14.8 Å². The van der Waals surface area contributed by atoms with Crippen LogP contribution in [-0.4, -0.2) is 104 Å².